The molecular formula is C12H19NO2S. The Labute approximate surface area is 97.6 Å². The highest BCUT2D eigenvalue weighted by atomic mass is 32.2. The molecule has 4 heteroatoms. The summed E-state index contributed by atoms with van der Waals surface area (Å²) in [6.07, 6.45) is 1.82. The summed E-state index contributed by atoms with van der Waals surface area (Å²) in [5, 5.41) is 0. The van der Waals surface area contributed by atoms with Gasteiger partial charge in [-0.1, -0.05) is 29.3 Å². The molecule has 0 amide bonds. The van der Waals surface area contributed by atoms with Gasteiger partial charge in [-0.05, 0) is 25.8 Å². The van der Waals surface area contributed by atoms with E-state index in [1.807, 2.05) is 13.8 Å². The highest BCUT2D eigenvalue weighted by Crippen LogP contribution is 2.10. The monoisotopic (exact) mass is 241 g/mol. The largest absolute Gasteiger partial charge is 0.326 e. The zero-order valence-corrected chi connectivity index (χ0v) is 10.8. The summed E-state index contributed by atoms with van der Waals surface area (Å²) in [6, 6.07) is 5.87. The Morgan fingerprint density at radius 2 is 1.69 bits per heavy atom. The molecular weight excluding hydrogens is 222 g/mol. The molecule has 0 radical (unpaired) electrons. The van der Waals surface area contributed by atoms with E-state index in [1.165, 1.54) is 17.4 Å². The Hall–Kier alpha value is -0.870. The average molecular weight is 241 g/mol. The maximum atomic E-state index is 11.1. The smallest absolute Gasteiger partial charge is 0.148 e. The first-order valence-electron chi connectivity index (χ1n) is 5.27. The second kappa shape index (κ2) is 4.97. The first-order valence-corrected chi connectivity index (χ1v) is 7.33. The summed E-state index contributed by atoms with van der Waals surface area (Å²) >= 11 is 0. The van der Waals surface area contributed by atoms with Crippen molar-refractivity contribution in [2.45, 2.75) is 26.3 Å². The van der Waals surface area contributed by atoms with Crippen molar-refractivity contribution in [2.75, 3.05) is 12.0 Å². The van der Waals surface area contributed by atoms with Crippen LogP contribution in [0.5, 0.6) is 0 Å². The van der Waals surface area contributed by atoms with Gasteiger partial charge >= 0.3 is 0 Å². The first-order chi connectivity index (χ1) is 7.26. The van der Waals surface area contributed by atoms with Crippen molar-refractivity contribution in [1.29, 1.82) is 0 Å². The molecule has 0 aliphatic rings. The van der Waals surface area contributed by atoms with E-state index >= 15 is 0 Å². The minimum atomic E-state index is -2.99. The molecule has 0 bridgehead atoms. The molecule has 0 saturated heterocycles. The average Bonchev–Trinajstić information content (AvgIpc) is 1.96. The number of hydrogen-bond donors (Lipinski definition) is 1. The van der Waals surface area contributed by atoms with Gasteiger partial charge in [-0.3, -0.25) is 0 Å². The fourth-order valence-corrected chi connectivity index (χ4v) is 2.83. The number of nitrogens with two attached hydrogens (primary N) is 1. The maximum absolute atomic E-state index is 11.1. The van der Waals surface area contributed by atoms with E-state index in [2.05, 4.69) is 18.2 Å². The summed E-state index contributed by atoms with van der Waals surface area (Å²) in [7, 11) is -2.99. The van der Waals surface area contributed by atoms with Crippen LogP contribution in [0.4, 0.5) is 0 Å². The van der Waals surface area contributed by atoms with Gasteiger partial charge in [0.05, 0.1) is 5.75 Å². The molecule has 0 saturated carbocycles. The van der Waals surface area contributed by atoms with Crippen LogP contribution in [-0.4, -0.2) is 26.5 Å². The van der Waals surface area contributed by atoms with Gasteiger partial charge in [0.15, 0.2) is 0 Å². The lowest BCUT2D eigenvalue weighted by molar-refractivity contribution is 0.591. The molecule has 1 aromatic carbocycles. The Bertz CT molecular complexity index is 446. The summed E-state index contributed by atoms with van der Waals surface area (Å²) in [4.78, 5) is 0. The Morgan fingerprint density at radius 1 is 1.19 bits per heavy atom. The van der Waals surface area contributed by atoms with Crippen LogP contribution >= 0.6 is 0 Å². The lowest BCUT2D eigenvalue weighted by atomic mass is 10.0. The zero-order chi connectivity index (χ0) is 12.3. The van der Waals surface area contributed by atoms with Gasteiger partial charge in [-0.25, -0.2) is 8.42 Å². The summed E-state index contributed by atoms with van der Waals surface area (Å²) in [6.45, 7) is 4.05. The SMILES string of the molecule is Cc1cc(C)cc(CC(N)CS(C)(=O)=O)c1. The normalized spacial score (nSPS) is 13.8. The van der Waals surface area contributed by atoms with Crippen molar-refractivity contribution < 1.29 is 8.42 Å². The molecule has 0 aliphatic carbocycles. The predicted molar refractivity (Wildman–Crippen MR) is 67.3 cm³/mol. The minimum absolute atomic E-state index is 0.0417. The summed E-state index contributed by atoms with van der Waals surface area (Å²) in [5.74, 6) is 0.0417. The van der Waals surface area contributed by atoms with Crippen molar-refractivity contribution in [3.8, 4) is 0 Å². The van der Waals surface area contributed by atoms with Crippen LogP contribution in [-0.2, 0) is 16.3 Å². The molecule has 0 fully saturated rings. The number of hydrogen-bond acceptors (Lipinski definition) is 3. The van der Waals surface area contributed by atoms with Crippen LogP contribution in [0, 0.1) is 13.8 Å². The van der Waals surface area contributed by atoms with Crippen LogP contribution in [0.1, 0.15) is 16.7 Å². The third-order valence-electron chi connectivity index (χ3n) is 2.30. The predicted octanol–water partition coefficient (Wildman–Crippen LogP) is 1.22. The van der Waals surface area contributed by atoms with Crippen molar-refractivity contribution in [1.82, 2.24) is 0 Å². The van der Waals surface area contributed by atoms with Crippen molar-refractivity contribution in [3.63, 3.8) is 0 Å². The number of rotatable bonds is 4. The maximum Gasteiger partial charge on any atom is 0.148 e. The molecule has 0 aliphatic heterocycles. The Morgan fingerprint density at radius 3 is 2.12 bits per heavy atom. The van der Waals surface area contributed by atoms with E-state index in [0.717, 1.165) is 5.56 Å². The van der Waals surface area contributed by atoms with Gasteiger partial charge in [0.1, 0.15) is 9.84 Å². The van der Waals surface area contributed by atoms with E-state index in [1.54, 1.807) is 0 Å². The second-order valence-corrected chi connectivity index (χ2v) is 6.74. The third kappa shape index (κ3) is 4.77. The second-order valence-electron chi connectivity index (χ2n) is 4.55. The van der Waals surface area contributed by atoms with E-state index in [0.29, 0.717) is 6.42 Å². The van der Waals surface area contributed by atoms with Gasteiger partial charge in [0.25, 0.3) is 0 Å². The van der Waals surface area contributed by atoms with Crippen molar-refractivity contribution in [2.24, 2.45) is 5.73 Å². The lowest BCUT2D eigenvalue weighted by Gasteiger charge is -2.11. The number of sulfone groups is 1. The van der Waals surface area contributed by atoms with Crippen molar-refractivity contribution >= 4 is 9.84 Å². The first kappa shape index (κ1) is 13.2. The number of benzene rings is 1. The molecule has 2 N–H and O–H groups in total. The van der Waals surface area contributed by atoms with E-state index in [4.69, 9.17) is 5.73 Å². The molecule has 3 nitrogen and oxygen atoms in total. The molecule has 1 atom stereocenters. The molecule has 1 aromatic rings. The van der Waals surface area contributed by atoms with Crippen LogP contribution in [0.3, 0.4) is 0 Å². The lowest BCUT2D eigenvalue weighted by Crippen LogP contribution is -2.31. The van der Waals surface area contributed by atoms with Gasteiger partial charge in [-0.2, -0.15) is 0 Å². The topological polar surface area (TPSA) is 60.2 Å². The molecule has 0 spiro atoms. The van der Waals surface area contributed by atoms with Crippen molar-refractivity contribution in [3.05, 3.63) is 34.9 Å². The molecule has 1 rings (SSSR count). The molecule has 1 unspecified atom stereocenters. The van der Waals surface area contributed by atoms with Gasteiger partial charge < -0.3 is 5.73 Å². The van der Waals surface area contributed by atoms with Crippen LogP contribution in [0.2, 0.25) is 0 Å². The zero-order valence-electron chi connectivity index (χ0n) is 10.0. The quantitative estimate of drug-likeness (QED) is 0.862. The van der Waals surface area contributed by atoms with E-state index in [-0.39, 0.29) is 11.8 Å². The Kier molecular flexibility index (Phi) is 4.10. The van der Waals surface area contributed by atoms with E-state index in [9.17, 15) is 8.42 Å². The summed E-state index contributed by atoms with van der Waals surface area (Å²) < 4.78 is 22.2. The van der Waals surface area contributed by atoms with E-state index < -0.39 is 9.84 Å². The highest BCUT2D eigenvalue weighted by Gasteiger charge is 2.11. The molecule has 16 heavy (non-hydrogen) atoms. The fourth-order valence-electron chi connectivity index (χ4n) is 1.94. The standard InChI is InChI=1S/C12H19NO2S/c1-9-4-10(2)6-11(5-9)7-12(13)8-16(3,14)15/h4-6,12H,7-8,13H2,1-3H3. The fraction of sp³-hybridized carbons (Fsp3) is 0.500. The minimum Gasteiger partial charge on any atom is -0.326 e. The molecule has 0 aromatic heterocycles. The van der Waals surface area contributed by atoms with Crippen LogP contribution < -0.4 is 5.73 Å². The van der Waals surface area contributed by atoms with Gasteiger partial charge in [0, 0.05) is 12.3 Å². The molecule has 0 heterocycles. The van der Waals surface area contributed by atoms with Crippen LogP contribution in [0.25, 0.3) is 0 Å². The van der Waals surface area contributed by atoms with Gasteiger partial charge in [-0.15, -0.1) is 0 Å². The Balaban J connectivity index is 2.73. The van der Waals surface area contributed by atoms with Gasteiger partial charge in [0.2, 0.25) is 0 Å². The third-order valence-corrected chi connectivity index (χ3v) is 3.33. The highest BCUT2D eigenvalue weighted by molar-refractivity contribution is 7.90. The molecule has 90 valence electrons. The summed E-state index contributed by atoms with van der Waals surface area (Å²) in [5.41, 5.74) is 9.28. The number of aryl methyl sites for hydroxylation is 2. The van der Waals surface area contributed by atoms with Crippen LogP contribution in [0.15, 0.2) is 18.2 Å².